The number of aromatic nitrogens is 3. The van der Waals surface area contributed by atoms with E-state index in [0.29, 0.717) is 17.0 Å². The molecule has 0 bridgehead atoms. The van der Waals surface area contributed by atoms with Crippen LogP contribution < -0.4 is 11.0 Å². The van der Waals surface area contributed by atoms with Crippen LogP contribution in [0, 0.1) is 13.8 Å². The molecule has 0 spiro atoms. The predicted octanol–water partition coefficient (Wildman–Crippen LogP) is 3.18. The Bertz CT molecular complexity index is 1180. The maximum Gasteiger partial charge on any atom is 0.347 e. The fourth-order valence-electron chi connectivity index (χ4n) is 2.95. The van der Waals surface area contributed by atoms with Crippen LogP contribution in [0.4, 0.5) is 5.69 Å². The second kappa shape index (κ2) is 6.03. The number of fused-ring (bicyclic) bond motifs is 1. The van der Waals surface area contributed by atoms with Crippen molar-refractivity contribution < 1.29 is 9.21 Å². The molecule has 0 aliphatic carbocycles. The fourth-order valence-corrected chi connectivity index (χ4v) is 2.95. The van der Waals surface area contributed by atoms with Crippen LogP contribution in [-0.4, -0.2) is 20.7 Å². The summed E-state index contributed by atoms with van der Waals surface area (Å²) in [5.41, 5.74) is 3.29. The minimum atomic E-state index is -0.350. The first kappa shape index (κ1) is 15.9. The van der Waals surface area contributed by atoms with Gasteiger partial charge in [0.25, 0.3) is 5.91 Å². The molecule has 0 unspecified atom stereocenters. The first-order valence-electron chi connectivity index (χ1n) is 8.07. The van der Waals surface area contributed by atoms with Gasteiger partial charge in [-0.05, 0) is 37.6 Å². The van der Waals surface area contributed by atoms with Gasteiger partial charge in [-0.1, -0.05) is 24.3 Å². The maximum absolute atomic E-state index is 12.7. The number of amides is 1. The summed E-state index contributed by atoms with van der Waals surface area (Å²) in [6.07, 6.45) is 1.38. The third-order valence-corrected chi connectivity index (χ3v) is 4.30. The SMILES string of the molecule is Cc1c(C(=O)Nc2cccc(-n3cn[nH]c3=O)c2)oc2c(C)cccc12. The third kappa shape index (κ3) is 2.59. The average molecular weight is 348 g/mol. The number of nitrogens with one attached hydrogen (secondary N) is 2. The highest BCUT2D eigenvalue weighted by atomic mass is 16.3. The van der Waals surface area contributed by atoms with Crippen molar-refractivity contribution in [3.05, 3.63) is 76.2 Å². The molecular weight excluding hydrogens is 332 g/mol. The van der Waals surface area contributed by atoms with Crippen molar-refractivity contribution in [2.24, 2.45) is 0 Å². The lowest BCUT2D eigenvalue weighted by atomic mass is 10.1. The number of furan rings is 1. The van der Waals surface area contributed by atoms with E-state index in [2.05, 4.69) is 15.5 Å². The van der Waals surface area contributed by atoms with Gasteiger partial charge in [0.15, 0.2) is 5.76 Å². The molecule has 0 aliphatic heterocycles. The standard InChI is InChI=1S/C19H16N4O3/c1-11-5-3-8-15-12(2)17(26-16(11)15)18(24)21-13-6-4-7-14(9-13)23-10-20-22-19(23)25/h3-10H,1-2H3,(H,21,24)(H,22,25). The molecule has 7 nitrogen and oxygen atoms in total. The van der Waals surface area contributed by atoms with E-state index in [-0.39, 0.29) is 17.4 Å². The predicted molar refractivity (Wildman–Crippen MR) is 97.8 cm³/mol. The quantitative estimate of drug-likeness (QED) is 0.595. The van der Waals surface area contributed by atoms with Crippen LogP contribution in [-0.2, 0) is 0 Å². The molecule has 7 heteroatoms. The molecule has 26 heavy (non-hydrogen) atoms. The van der Waals surface area contributed by atoms with Crippen molar-refractivity contribution in [2.45, 2.75) is 13.8 Å². The number of carbonyl (C=O) groups is 1. The Morgan fingerprint density at radius 3 is 2.73 bits per heavy atom. The van der Waals surface area contributed by atoms with E-state index >= 15 is 0 Å². The third-order valence-electron chi connectivity index (χ3n) is 4.30. The summed E-state index contributed by atoms with van der Waals surface area (Å²) in [5.74, 6) is -0.0602. The minimum absolute atomic E-state index is 0.278. The second-order valence-corrected chi connectivity index (χ2v) is 6.04. The first-order valence-corrected chi connectivity index (χ1v) is 8.07. The monoisotopic (exact) mass is 348 g/mol. The normalized spacial score (nSPS) is 11.0. The van der Waals surface area contributed by atoms with Crippen molar-refractivity contribution in [3.8, 4) is 5.69 Å². The Balaban J connectivity index is 1.67. The van der Waals surface area contributed by atoms with Crippen LogP contribution in [0.5, 0.6) is 0 Å². The molecule has 4 rings (SSSR count). The van der Waals surface area contributed by atoms with Gasteiger partial charge in [-0.15, -0.1) is 0 Å². The number of anilines is 1. The molecule has 2 N–H and O–H groups in total. The van der Waals surface area contributed by atoms with E-state index in [1.54, 1.807) is 24.3 Å². The number of rotatable bonds is 3. The van der Waals surface area contributed by atoms with Crippen molar-refractivity contribution in [1.82, 2.24) is 14.8 Å². The Morgan fingerprint density at radius 2 is 2.00 bits per heavy atom. The molecule has 0 aliphatic rings. The molecular formula is C19H16N4O3. The summed E-state index contributed by atoms with van der Waals surface area (Å²) in [6, 6.07) is 12.8. The number of hydrogen-bond acceptors (Lipinski definition) is 4. The lowest BCUT2D eigenvalue weighted by Gasteiger charge is -2.06. The molecule has 0 saturated carbocycles. The van der Waals surface area contributed by atoms with Crippen LogP contribution >= 0.6 is 0 Å². The smallest absolute Gasteiger partial charge is 0.347 e. The average Bonchev–Trinajstić information content (AvgIpc) is 3.20. The van der Waals surface area contributed by atoms with Gasteiger partial charge in [0, 0.05) is 16.6 Å². The molecule has 2 aromatic heterocycles. The van der Waals surface area contributed by atoms with Gasteiger partial charge in [0.1, 0.15) is 11.9 Å². The van der Waals surface area contributed by atoms with Crippen molar-refractivity contribution in [1.29, 1.82) is 0 Å². The van der Waals surface area contributed by atoms with Crippen LogP contribution in [0.1, 0.15) is 21.7 Å². The van der Waals surface area contributed by atoms with Crippen molar-refractivity contribution in [3.63, 3.8) is 0 Å². The molecule has 4 aromatic rings. The Hall–Kier alpha value is -3.61. The summed E-state index contributed by atoms with van der Waals surface area (Å²) in [5, 5.41) is 9.79. The van der Waals surface area contributed by atoms with E-state index in [0.717, 1.165) is 16.5 Å². The summed E-state index contributed by atoms with van der Waals surface area (Å²) >= 11 is 0. The van der Waals surface area contributed by atoms with E-state index in [4.69, 9.17) is 4.42 Å². The summed E-state index contributed by atoms with van der Waals surface area (Å²) in [6.45, 7) is 3.81. The van der Waals surface area contributed by atoms with E-state index in [1.165, 1.54) is 10.9 Å². The number of nitrogens with zero attached hydrogens (tertiary/aromatic N) is 2. The summed E-state index contributed by atoms with van der Waals surface area (Å²) < 4.78 is 7.16. The first-order chi connectivity index (χ1) is 12.5. The van der Waals surface area contributed by atoms with Gasteiger partial charge in [0.2, 0.25) is 0 Å². The molecule has 0 fully saturated rings. The van der Waals surface area contributed by atoms with Crippen molar-refractivity contribution in [2.75, 3.05) is 5.32 Å². The summed E-state index contributed by atoms with van der Waals surface area (Å²) in [7, 11) is 0. The number of H-pyrrole nitrogens is 1. The zero-order chi connectivity index (χ0) is 18.3. The van der Waals surface area contributed by atoms with E-state index in [1.807, 2.05) is 32.0 Å². The van der Waals surface area contributed by atoms with Crippen LogP contribution in [0.2, 0.25) is 0 Å². The second-order valence-electron chi connectivity index (χ2n) is 6.04. The van der Waals surface area contributed by atoms with Gasteiger partial charge < -0.3 is 9.73 Å². The molecule has 0 atom stereocenters. The highest BCUT2D eigenvalue weighted by Gasteiger charge is 2.18. The van der Waals surface area contributed by atoms with Crippen LogP contribution in [0.3, 0.4) is 0 Å². The lowest BCUT2D eigenvalue weighted by Crippen LogP contribution is -2.15. The number of benzene rings is 2. The molecule has 0 radical (unpaired) electrons. The van der Waals surface area contributed by atoms with E-state index in [9.17, 15) is 9.59 Å². The zero-order valence-electron chi connectivity index (χ0n) is 14.2. The van der Waals surface area contributed by atoms with Gasteiger partial charge in [-0.3, -0.25) is 4.79 Å². The van der Waals surface area contributed by atoms with Crippen LogP contribution in [0.15, 0.2) is 58.0 Å². The van der Waals surface area contributed by atoms with Gasteiger partial charge in [-0.2, -0.15) is 5.10 Å². The Morgan fingerprint density at radius 1 is 1.19 bits per heavy atom. The largest absolute Gasteiger partial charge is 0.450 e. The molecule has 2 heterocycles. The summed E-state index contributed by atoms with van der Waals surface area (Å²) in [4.78, 5) is 24.4. The Labute approximate surface area is 148 Å². The number of aromatic amines is 1. The highest BCUT2D eigenvalue weighted by molar-refractivity contribution is 6.06. The highest BCUT2D eigenvalue weighted by Crippen LogP contribution is 2.28. The van der Waals surface area contributed by atoms with Gasteiger partial charge in [-0.25, -0.2) is 14.5 Å². The number of carbonyl (C=O) groups excluding carboxylic acids is 1. The maximum atomic E-state index is 12.7. The van der Waals surface area contributed by atoms with E-state index < -0.39 is 0 Å². The lowest BCUT2D eigenvalue weighted by molar-refractivity contribution is 0.0998. The molecule has 130 valence electrons. The number of aryl methyl sites for hydroxylation is 2. The Kier molecular flexibility index (Phi) is 3.69. The fraction of sp³-hybridized carbons (Fsp3) is 0.105. The molecule has 2 aromatic carbocycles. The molecule has 0 saturated heterocycles. The number of hydrogen-bond donors (Lipinski definition) is 2. The molecule has 1 amide bonds. The van der Waals surface area contributed by atoms with Crippen molar-refractivity contribution >= 4 is 22.6 Å². The topological polar surface area (TPSA) is 92.9 Å². The van der Waals surface area contributed by atoms with Gasteiger partial charge >= 0.3 is 5.69 Å². The minimum Gasteiger partial charge on any atom is -0.450 e. The van der Waals surface area contributed by atoms with Gasteiger partial charge in [0.05, 0.1) is 5.69 Å². The van der Waals surface area contributed by atoms with Crippen LogP contribution in [0.25, 0.3) is 16.7 Å². The number of para-hydroxylation sites is 1. The zero-order valence-corrected chi connectivity index (χ0v) is 14.2.